The van der Waals surface area contributed by atoms with E-state index in [2.05, 4.69) is 46.8 Å². The Bertz CT molecular complexity index is 397. The molecule has 0 radical (unpaired) electrons. The van der Waals surface area contributed by atoms with Crippen LogP contribution in [-0.2, 0) is 6.54 Å². The van der Waals surface area contributed by atoms with Gasteiger partial charge in [0, 0.05) is 16.7 Å². The topological polar surface area (TPSA) is 29.3 Å². The fourth-order valence-corrected chi connectivity index (χ4v) is 3.73. The summed E-state index contributed by atoms with van der Waals surface area (Å²) in [6.45, 7) is 8.14. The minimum absolute atomic E-state index is 0.604. The zero-order valence-electron chi connectivity index (χ0n) is 12.1. The van der Waals surface area contributed by atoms with Crippen LogP contribution in [0.2, 0.25) is 0 Å². The van der Waals surface area contributed by atoms with Gasteiger partial charge in [0.15, 0.2) is 0 Å². The van der Waals surface area contributed by atoms with E-state index in [0.717, 1.165) is 16.7 Å². The van der Waals surface area contributed by atoms with Crippen molar-refractivity contribution in [3.8, 4) is 0 Å². The summed E-state index contributed by atoms with van der Waals surface area (Å²) in [6, 6.07) is 6.23. The monoisotopic (exact) mass is 324 g/mol. The van der Waals surface area contributed by atoms with Crippen molar-refractivity contribution in [3.63, 3.8) is 0 Å². The highest BCUT2D eigenvalue weighted by Gasteiger charge is 2.30. The van der Waals surface area contributed by atoms with Gasteiger partial charge in [-0.25, -0.2) is 0 Å². The van der Waals surface area contributed by atoms with Gasteiger partial charge in [-0.05, 0) is 55.1 Å². The first-order valence-corrected chi connectivity index (χ1v) is 8.13. The second kappa shape index (κ2) is 6.27. The van der Waals surface area contributed by atoms with E-state index in [0.29, 0.717) is 5.41 Å². The van der Waals surface area contributed by atoms with Crippen LogP contribution in [0.3, 0.4) is 0 Å². The molecule has 2 N–H and O–H groups in total. The molecule has 0 amide bonds. The molecule has 0 aromatic heterocycles. The fourth-order valence-electron chi connectivity index (χ4n) is 3.17. The Balaban J connectivity index is 1.95. The van der Waals surface area contributed by atoms with Gasteiger partial charge in [0.05, 0.1) is 0 Å². The van der Waals surface area contributed by atoms with E-state index in [9.17, 15) is 0 Å². The Morgan fingerprint density at radius 2 is 1.79 bits per heavy atom. The molecule has 1 heterocycles. The van der Waals surface area contributed by atoms with Crippen LogP contribution in [-0.4, -0.2) is 18.0 Å². The number of benzene rings is 1. The van der Waals surface area contributed by atoms with Gasteiger partial charge in [-0.2, -0.15) is 0 Å². The lowest BCUT2D eigenvalue weighted by Crippen LogP contribution is -2.39. The van der Waals surface area contributed by atoms with Gasteiger partial charge in [0.25, 0.3) is 0 Å². The molecule has 0 aliphatic carbocycles. The highest BCUT2D eigenvalue weighted by molar-refractivity contribution is 9.10. The lowest BCUT2D eigenvalue weighted by molar-refractivity contribution is 0.0909. The molecule has 2 nitrogen and oxygen atoms in total. The van der Waals surface area contributed by atoms with Crippen molar-refractivity contribution in [1.29, 1.82) is 0 Å². The maximum Gasteiger partial charge on any atom is 0.0328 e. The third-order valence-electron chi connectivity index (χ3n) is 4.80. The van der Waals surface area contributed by atoms with Crippen LogP contribution in [0.1, 0.15) is 45.1 Å². The van der Waals surface area contributed by atoms with E-state index in [1.54, 1.807) is 0 Å². The average molecular weight is 325 g/mol. The molecule has 0 atom stereocenters. The molecule has 1 aliphatic rings. The van der Waals surface area contributed by atoms with Gasteiger partial charge >= 0.3 is 0 Å². The molecular formula is C16H25BrN2. The van der Waals surface area contributed by atoms with Crippen LogP contribution < -0.4 is 5.73 Å². The number of anilines is 1. The molecule has 3 heteroatoms. The SMILES string of the molecule is CCC1(CC)CCN(Cc2cc(N)cc(Br)c2)CC1. The Hall–Kier alpha value is -0.540. The zero-order valence-corrected chi connectivity index (χ0v) is 13.7. The second-order valence-corrected chi connectivity index (χ2v) is 6.79. The first-order chi connectivity index (χ1) is 9.07. The Morgan fingerprint density at radius 1 is 1.16 bits per heavy atom. The maximum atomic E-state index is 5.90. The minimum Gasteiger partial charge on any atom is -0.399 e. The quantitative estimate of drug-likeness (QED) is 0.830. The number of likely N-dealkylation sites (tertiary alicyclic amines) is 1. The van der Waals surface area contributed by atoms with E-state index < -0.39 is 0 Å². The van der Waals surface area contributed by atoms with E-state index in [1.165, 1.54) is 44.3 Å². The highest BCUT2D eigenvalue weighted by Crippen LogP contribution is 2.38. The highest BCUT2D eigenvalue weighted by atomic mass is 79.9. The van der Waals surface area contributed by atoms with Crippen LogP contribution >= 0.6 is 15.9 Å². The van der Waals surface area contributed by atoms with Crippen molar-refractivity contribution < 1.29 is 0 Å². The third kappa shape index (κ3) is 3.73. The van der Waals surface area contributed by atoms with Crippen molar-refractivity contribution in [2.45, 2.75) is 46.1 Å². The molecule has 2 rings (SSSR count). The number of nitrogens with zero attached hydrogens (tertiary/aromatic N) is 1. The lowest BCUT2D eigenvalue weighted by atomic mass is 9.74. The lowest BCUT2D eigenvalue weighted by Gasteiger charge is -2.41. The smallest absolute Gasteiger partial charge is 0.0328 e. The van der Waals surface area contributed by atoms with Gasteiger partial charge in [0.1, 0.15) is 0 Å². The van der Waals surface area contributed by atoms with Crippen LogP contribution in [0.15, 0.2) is 22.7 Å². The fraction of sp³-hybridized carbons (Fsp3) is 0.625. The molecule has 0 spiro atoms. The van der Waals surface area contributed by atoms with Gasteiger partial charge < -0.3 is 5.73 Å². The number of hydrogen-bond donors (Lipinski definition) is 1. The van der Waals surface area contributed by atoms with Gasteiger partial charge in [0.2, 0.25) is 0 Å². The molecule has 0 bridgehead atoms. The Morgan fingerprint density at radius 3 is 2.32 bits per heavy atom. The van der Waals surface area contributed by atoms with Gasteiger partial charge in [-0.1, -0.05) is 42.6 Å². The summed E-state index contributed by atoms with van der Waals surface area (Å²) < 4.78 is 1.08. The summed E-state index contributed by atoms with van der Waals surface area (Å²) >= 11 is 3.52. The Kier molecular flexibility index (Phi) is 4.91. The number of nitrogens with two attached hydrogens (primary N) is 1. The molecule has 1 fully saturated rings. The minimum atomic E-state index is 0.604. The maximum absolute atomic E-state index is 5.90. The molecule has 1 aromatic carbocycles. The van der Waals surface area contributed by atoms with Crippen LogP contribution in [0.5, 0.6) is 0 Å². The predicted molar refractivity (Wildman–Crippen MR) is 86.1 cm³/mol. The first kappa shape index (κ1) is 14.9. The molecule has 19 heavy (non-hydrogen) atoms. The summed E-state index contributed by atoms with van der Waals surface area (Å²) in [5, 5.41) is 0. The standard InChI is InChI=1S/C16H25BrN2/c1-3-16(4-2)5-7-19(8-6-16)12-13-9-14(17)11-15(18)10-13/h9-11H,3-8,12,18H2,1-2H3. The largest absolute Gasteiger partial charge is 0.399 e. The second-order valence-electron chi connectivity index (χ2n) is 5.88. The average Bonchev–Trinajstić information content (AvgIpc) is 2.39. The van der Waals surface area contributed by atoms with Crippen LogP contribution in [0.25, 0.3) is 0 Å². The number of halogens is 1. The summed E-state index contributed by atoms with van der Waals surface area (Å²) in [5.41, 5.74) is 8.66. The van der Waals surface area contributed by atoms with E-state index in [4.69, 9.17) is 5.73 Å². The third-order valence-corrected chi connectivity index (χ3v) is 5.26. The number of piperidine rings is 1. The van der Waals surface area contributed by atoms with Crippen molar-refractivity contribution in [1.82, 2.24) is 4.90 Å². The normalized spacial score (nSPS) is 19.5. The molecular weight excluding hydrogens is 300 g/mol. The number of hydrogen-bond acceptors (Lipinski definition) is 2. The number of nitrogen functional groups attached to an aromatic ring is 1. The summed E-state index contributed by atoms with van der Waals surface area (Å²) in [7, 11) is 0. The van der Waals surface area contributed by atoms with E-state index >= 15 is 0 Å². The van der Waals surface area contributed by atoms with Crippen LogP contribution in [0.4, 0.5) is 5.69 Å². The first-order valence-electron chi connectivity index (χ1n) is 7.34. The zero-order chi connectivity index (χ0) is 13.9. The van der Waals surface area contributed by atoms with Crippen molar-refractivity contribution in [2.75, 3.05) is 18.8 Å². The summed E-state index contributed by atoms with van der Waals surface area (Å²) in [6.07, 6.45) is 5.31. The van der Waals surface area contributed by atoms with Crippen LogP contribution in [0, 0.1) is 5.41 Å². The molecule has 0 saturated carbocycles. The van der Waals surface area contributed by atoms with Gasteiger partial charge in [-0.3, -0.25) is 4.90 Å². The summed E-state index contributed by atoms with van der Waals surface area (Å²) in [5.74, 6) is 0. The van der Waals surface area contributed by atoms with Gasteiger partial charge in [-0.15, -0.1) is 0 Å². The number of rotatable bonds is 4. The molecule has 106 valence electrons. The van der Waals surface area contributed by atoms with Crippen molar-refractivity contribution in [2.24, 2.45) is 5.41 Å². The van der Waals surface area contributed by atoms with Crippen molar-refractivity contribution >= 4 is 21.6 Å². The molecule has 1 saturated heterocycles. The van der Waals surface area contributed by atoms with E-state index in [1.807, 2.05) is 6.07 Å². The predicted octanol–water partition coefficient (Wildman–Crippen LogP) is 4.43. The molecule has 1 aromatic rings. The molecule has 1 aliphatic heterocycles. The molecule has 0 unspecified atom stereocenters. The van der Waals surface area contributed by atoms with E-state index in [-0.39, 0.29) is 0 Å². The van der Waals surface area contributed by atoms with Crippen molar-refractivity contribution in [3.05, 3.63) is 28.2 Å². The summed E-state index contributed by atoms with van der Waals surface area (Å²) in [4.78, 5) is 2.56. The Labute approximate surface area is 125 Å².